The van der Waals surface area contributed by atoms with Gasteiger partial charge in [0.25, 0.3) is 0 Å². The van der Waals surface area contributed by atoms with Gasteiger partial charge in [-0.05, 0) is 19.2 Å². The molecule has 1 aromatic heterocycles. The zero-order valence-electron chi connectivity index (χ0n) is 9.49. The highest BCUT2D eigenvalue weighted by Crippen LogP contribution is 1.98. The maximum absolute atomic E-state index is 11.8. The molecule has 2 rings (SSSR count). The predicted molar refractivity (Wildman–Crippen MR) is 61.9 cm³/mol. The molecule has 1 aliphatic rings. The number of rotatable bonds is 3. The van der Waals surface area contributed by atoms with E-state index in [-0.39, 0.29) is 11.9 Å². The lowest BCUT2D eigenvalue weighted by atomic mass is 10.2. The van der Waals surface area contributed by atoms with Gasteiger partial charge in [-0.2, -0.15) is 0 Å². The molecule has 3 N–H and O–H groups in total. The van der Waals surface area contributed by atoms with E-state index in [0.29, 0.717) is 6.54 Å². The first-order valence-electron chi connectivity index (χ1n) is 5.57. The highest BCUT2D eigenvalue weighted by atomic mass is 16.2. The van der Waals surface area contributed by atoms with Crippen LogP contribution in [0.1, 0.15) is 5.69 Å². The second kappa shape index (κ2) is 5.14. The maximum Gasteiger partial charge on any atom is 0.238 e. The number of hydrogen-bond donors (Lipinski definition) is 3. The Labute approximate surface area is 95.2 Å². The molecule has 1 saturated heterocycles. The summed E-state index contributed by atoms with van der Waals surface area (Å²) < 4.78 is 0. The molecule has 0 spiro atoms. The third-order valence-corrected chi connectivity index (χ3v) is 2.81. The Morgan fingerprint density at radius 1 is 1.69 bits per heavy atom. The largest absolute Gasteiger partial charge is 0.364 e. The average Bonchev–Trinajstić information content (AvgIpc) is 2.78. The van der Waals surface area contributed by atoms with Gasteiger partial charge in [-0.15, -0.1) is 0 Å². The van der Waals surface area contributed by atoms with E-state index in [1.54, 1.807) is 0 Å². The van der Waals surface area contributed by atoms with Crippen molar-refractivity contribution in [3.63, 3.8) is 0 Å². The van der Waals surface area contributed by atoms with Crippen LogP contribution in [-0.4, -0.2) is 48.5 Å². The summed E-state index contributed by atoms with van der Waals surface area (Å²) >= 11 is 0. The lowest BCUT2D eigenvalue weighted by Gasteiger charge is -2.29. The number of amides is 1. The van der Waals surface area contributed by atoms with Crippen molar-refractivity contribution in [2.24, 2.45) is 0 Å². The van der Waals surface area contributed by atoms with E-state index in [1.165, 1.54) is 0 Å². The topological polar surface area (TPSA) is 60.2 Å². The number of likely N-dealkylation sites (N-methyl/N-ethyl adjacent to an activating group) is 1. The van der Waals surface area contributed by atoms with E-state index in [0.717, 1.165) is 25.3 Å². The monoisotopic (exact) mass is 222 g/mol. The van der Waals surface area contributed by atoms with Crippen molar-refractivity contribution in [1.29, 1.82) is 0 Å². The van der Waals surface area contributed by atoms with E-state index >= 15 is 0 Å². The van der Waals surface area contributed by atoms with Crippen LogP contribution >= 0.6 is 0 Å². The van der Waals surface area contributed by atoms with E-state index < -0.39 is 0 Å². The highest BCUT2D eigenvalue weighted by molar-refractivity contribution is 5.82. The summed E-state index contributed by atoms with van der Waals surface area (Å²) in [4.78, 5) is 17.0. The van der Waals surface area contributed by atoms with Crippen LogP contribution in [0.5, 0.6) is 0 Å². The SMILES string of the molecule is CN1CCNC(C(=O)NCc2ccc[nH]2)C1. The number of H-pyrrole nitrogens is 1. The van der Waals surface area contributed by atoms with Gasteiger partial charge in [0.05, 0.1) is 12.6 Å². The fourth-order valence-electron chi connectivity index (χ4n) is 1.86. The van der Waals surface area contributed by atoms with Crippen molar-refractivity contribution in [1.82, 2.24) is 20.5 Å². The normalized spacial score (nSPS) is 21.9. The second-order valence-corrected chi connectivity index (χ2v) is 4.18. The average molecular weight is 222 g/mol. The Kier molecular flexibility index (Phi) is 3.58. The molecule has 0 radical (unpaired) electrons. The standard InChI is InChI=1S/C11H18N4O/c1-15-6-5-13-10(8-15)11(16)14-7-9-3-2-4-12-9/h2-4,10,12-13H,5-8H2,1H3,(H,14,16). The fraction of sp³-hybridized carbons (Fsp3) is 0.545. The van der Waals surface area contributed by atoms with Crippen LogP contribution in [0.3, 0.4) is 0 Å². The van der Waals surface area contributed by atoms with E-state index in [4.69, 9.17) is 0 Å². The summed E-state index contributed by atoms with van der Waals surface area (Å²) in [6, 6.07) is 3.79. The molecule has 1 aromatic rings. The van der Waals surface area contributed by atoms with E-state index in [2.05, 4.69) is 20.5 Å². The molecule has 1 amide bonds. The second-order valence-electron chi connectivity index (χ2n) is 4.18. The zero-order chi connectivity index (χ0) is 11.4. The van der Waals surface area contributed by atoms with Gasteiger partial charge in [0.1, 0.15) is 0 Å². The molecule has 0 saturated carbocycles. The summed E-state index contributed by atoms with van der Waals surface area (Å²) in [6.45, 7) is 3.21. The molecule has 5 heteroatoms. The minimum Gasteiger partial charge on any atom is -0.364 e. The van der Waals surface area contributed by atoms with Crippen molar-refractivity contribution in [2.75, 3.05) is 26.7 Å². The van der Waals surface area contributed by atoms with Crippen LogP contribution in [-0.2, 0) is 11.3 Å². The number of aromatic nitrogens is 1. The molecule has 0 aliphatic carbocycles. The third-order valence-electron chi connectivity index (χ3n) is 2.81. The highest BCUT2D eigenvalue weighted by Gasteiger charge is 2.22. The minimum absolute atomic E-state index is 0.0705. The third kappa shape index (κ3) is 2.84. The zero-order valence-corrected chi connectivity index (χ0v) is 9.49. The van der Waals surface area contributed by atoms with Gasteiger partial charge in [0.15, 0.2) is 0 Å². The van der Waals surface area contributed by atoms with Crippen molar-refractivity contribution in [2.45, 2.75) is 12.6 Å². The van der Waals surface area contributed by atoms with Crippen molar-refractivity contribution in [3.05, 3.63) is 24.0 Å². The molecular weight excluding hydrogens is 204 g/mol. The smallest absolute Gasteiger partial charge is 0.238 e. The molecule has 0 aromatic carbocycles. The van der Waals surface area contributed by atoms with Gasteiger partial charge >= 0.3 is 0 Å². The summed E-state index contributed by atoms with van der Waals surface area (Å²) in [5, 5.41) is 6.13. The van der Waals surface area contributed by atoms with Crippen LogP contribution < -0.4 is 10.6 Å². The van der Waals surface area contributed by atoms with Gasteiger partial charge < -0.3 is 20.5 Å². The van der Waals surface area contributed by atoms with Crippen molar-refractivity contribution < 1.29 is 4.79 Å². The number of carbonyl (C=O) groups excluding carboxylic acids is 1. The summed E-state index contributed by atoms with van der Waals surface area (Å²) in [5.74, 6) is 0.0705. The van der Waals surface area contributed by atoms with Crippen LogP contribution in [0.4, 0.5) is 0 Å². The summed E-state index contributed by atoms with van der Waals surface area (Å²) in [6.07, 6.45) is 1.86. The molecule has 0 bridgehead atoms. The lowest BCUT2D eigenvalue weighted by Crippen LogP contribution is -2.55. The van der Waals surface area contributed by atoms with Gasteiger partial charge in [0, 0.05) is 31.5 Å². The Morgan fingerprint density at radius 3 is 3.25 bits per heavy atom. The molecule has 5 nitrogen and oxygen atoms in total. The number of nitrogens with one attached hydrogen (secondary N) is 3. The number of piperazine rings is 1. The molecular formula is C11H18N4O. The quantitative estimate of drug-likeness (QED) is 0.648. The summed E-state index contributed by atoms with van der Waals surface area (Å²) in [5.41, 5.74) is 1.03. The number of hydrogen-bond acceptors (Lipinski definition) is 3. The van der Waals surface area contributed by atoms with E-state index in [1.807, 2.05) is 25.4 Å². The Bertz CT molecular complexity index is 336. The number of nitrogens with zero attached hydrogens (tertiary/aromatic N) is 1. The first kappa shape index (κ1) is 11.2. The number of aromatic amines is 1. The van der Waals surface area contributed by atoms with Gasteiger partial charge in [-0.1, -0.05) is 0 Å². The molecule has 1 fully saturated rings. The minimum atomic E-state index is -0.0892. The first-order chi connectivity index (χ1) is 7.75. The summed E-state index contributed by atoms with van der Waals surface area (Å²) in [7, 11) is 2.03. The first-order valence-corrected chi connectivity index (χ1v) is 5.57. The van der Waals surface area contributed by atoms with Crippen LogP contribution in [0.25, 0.3) is 0 Å². The molecule has 1 atom stereocenters. The molecule has 2 heterocycles. The molecule has 16 heavy (non-hydrogen) atoms. The fourth-order valence-corrected chi connectivity index (χ4v) is 1.86. The molecule has 1 aliphatic heterocycles. The molecule has 1 unspecified atom stereocenters. The van der Waals surface area contributed by atoms with E-state index in [9.17, 15) is 4.79 Å². The Hall–Kier alpha value is -1.33. The van der Waals surface area contributed by atoms with Crippen LogP contribution in [0.2, 0.25) is 0 Å². The van der Waals surface area contributed by atoms with Crippen LogP contribution in [0, 0.1) is 0 Å². The van der Waals surface area contributed by atoms with Gasteiger partial charge in [-0.3, -0.25) is 4.79 Å². The van der Waals surface area contributed by atoms with Gasteiger partial charge in [0.2, 0.25) is 5.91 Å². The van der Waals surface area contributed by atoms with Gasteiger partial charge in [-0.25, -0.2) is 0 Å². The number of carbonyl (C=O) groups is 1. The Morgan fingerprint density at radius 2 is 2.56 bits per heavy atom. The van der Waals surface area contributed by atoms with Crippen molar-refractivity contribution in [3.8, 4) is 0 Å². The predicted octanol–water partition coefficient (Wildman–Crippen LogP) is -0.465. The van der Waals surface area contributed by atoms with Crippen molar-refractivity contribution >= 4 is 5.91 Å². The maximum atomic E-state index is 11.8. The molecule has 88 valence electrons. The van der Waals surface area contributed by atoms with Crippen LogP contribution in [0.15, 0.2) is 18.3 Å². The lowest BCUT2D eigenvalue weighted by molar-refractivity contribution is -0.124. The Balaban J connectivity index is 1.79.